The van der Waals surface area contributed by atoms with Crippen molar-refractivity contribution in [3.63, 3.8) is 0 Å². The van der Waals surface area contributed by atoms with Crippen LogP contribution in [0.2, 0.25) is 0 Å². The van der Waals surface area contributed by atoms with Crippen LogP contribution in [0.1, 0.15) is 5.56 Å². The number of carbonyl (C=O) groups excluding carboxylic acids is 1. The standard InChI is InChI=1S/C15H14N4O5S2/c1-23-10-5-4-8(7-11(10)24-2)6-9-12(16)19-14(17-13(9)20)25-18-15(19)26(3,21)22/h4-7,16H,1-3H3/b9-6-,16-12?. The van der Waals surface area contributed by atoms with Crippen molar-refractivity contribution in [2.75, 3.05) is 20.5 Å². The average Bonchev–Trinajstić information content (AvgIpc) is 3.02. The highest BCUT2D eigenvalue weighted by atomic mass is 32.2. The van der Waals surface area contributed by atoms with Crippen LogP contribution in [0.3, 0.4) is 0 Å². The number of hydrogen-bond acceptors (Lipinski definition) is 8. The van der Waals surface area contributed by atoms with E-state index in [4.69, 9.17) is 14.9 Å². The first kappa shape index (κ1) is 18.1. The molecule has 2 aliphatic heterocycles. The second kappa shape index (κ2) is 6.57. The molecule has 11 heteroatoms. The average molecular weight is 394 g/mol. The summed E-state index contributed by atoms with van der Waals surface area (Å²) < 4.78 is 37.9. The molecule has 9 nitrogen and oxygen atoms in total. The summed E-state index contributed by atoms with van der Waals surface area (Å²) in [5, 5.41) is 8.01. The molecule has 0 atom stereocenters. The Hall–Kier alpha value is -2.66. The molecule has 2 aliphatic rings. The van der Waals surface area contributed by atoms with Crippen LogP contribution >= 0.6 is 11.9 Å². The molecule has 1 aromatic rings. The van der Waals surface area contributed by atoms with Crippen molar-refractivity contribution in [3.8, 4) is 11.5 Å². The van der Waals surface area contributed by atoms with E-state index in [1.165, 1.54) is 20.3 Å². The van der Waals surface area contributed by atoms with Gasteiger partial charge >= 0.3 is 0 Å². The molecule has 0 saturated heterocycles. The van der Waals surface area contributed by atoms with Crippen LogP contribution in [-0.2, 0) is 14.6 Å². The molecule has 0 fully saturated rings. The van der Waals surface area contributed by atoms with Crippen molar-refractivity contribution < 1.29 is 22.7 Å². The third-order valence-corrected chi connectivity index (χ3v) is 5.30. The van der Waals surface area contributed by atoms with Crippen LogP contribution in [0.15, 0.2) is 33.2 Å². The van der Waals surface area contributed by atoms with E-state index in [-0.39, 0.29) is 21.7 Å². The molecule has 2 heterocycles. The Labute approximate surface area is 154 Å². The summed E-state index contributed by atoms with van der Waals surface area (Å²) in [4.78, 5) is 17.2. The number of hydrogen-bond donors (Lipinski definition) is 1. The lowest BCUT2D eigenvalue weighted by Crippen LogP contribution is -2.45. The van der Waals surface area contributed by atoms with Gasteiger partial charge in [0.25, 0.3) is 5.91 Å². The Balaban J connectivity index is 2.04. The van der Waals surface area contributed by atoms with Gasteiger partial charge in [-0.1, -0.05) is 6.07 Å². The fourth-order valence-electron chi connectivity index (χ4n) is 2.35. The number of nitrogens with zero attached hydrogens (tertiary/aromatic N) is 3. The van der Waals surface area contributed by atoms with Crippen molar-refractivity contribution in [2.24, 2.45) is 9.39 Å². The molecule has 0 spiro atoms. The Morgan fingerprint density at radius 1 is 1.23 bits per heavy atom. The SMILES string of the molecule is COc1ccc(/C=C2/C(=N)N3C(=NC2=O)SN=C3S(C)(=O)=O)cc1OC. The Bertz CT molecular complexity index is 1010. The molecule has 136 valence electrons. The number of ether oxygens (including phenoxy) is 2. The minimum Gasteiger partial charge on any atom is -0.493 e. The predicted molar refractivity (Wildman–Crippen MR) is 99.4 cm³/mol. The number of fused-ring (bicyclic) bond motifs is 1. The van der Waals surface area contributed by atoms with Gasteiger partial charge in [0.1, 0.15) is 5.84 Å². The Morgan fingerprint density at radius 3 is 2.54 bits per heavy atom. The fraction of sp³-hybridized carbons (Fsp3) is 0.200. The van der Waals surface area contributed by atoms with Gasteiger partial charge in [0.05, 0.1) is 31.7 Å². The molecular weight excluding hydrogens is 380 g/mol. The number of amidine groups is 3. The van der Waals surface area contributed by atoms with E-state index in [0.29, 0.717) is 17.1 Å². The fourth-order valence-corrected chi connectivity index (χ4v) is 4.19. The minimum atomic E-state index is -3.68. The van der Waals surface area contributed by atoms with E-state index in [2.05, 4.69) is 9.39 Å². The second-order valence-corrected chi connectivity index (χ2v) is 7.93. The number of methoxy groups -OCH3 is 2. The van der Waals surface area contributed by atoms with E-state index in [0.717, 1.165) is 23.1 Å². The molecule has 0 radical (unpaired) electrons. The number of sulfone groups is 1. The van der Waals surface area contributed by atoms with E-state index >= 15 is 0 Å². The van der Waals surface area contributed by atoms with Crippen LogP contribution in [0.4, 0.5) is 0 Å². The summed E-state index contributed by atoms with van der Waals surface area (Å²) in [5.41, 5.74) is 0.513. The largest absolute Gasteiger partial charge is 0.493 e. The Kier molecular flexibility index (Phi) is 4.59. The number of nitrogens with one attached hydrogen (secondary N) is 1. The van der Waals surface area contributed by atoms with Crippen LogP contribution in [-0.4, -0.2) is 55.9 Å². The van der Waals surface area contributed by atoms with Crippen molar-refractivity contribution in [2.45, 2.75) is 0 Å². The molecule has 0 saturated carbocycles. The van der Waals surface area contributed by atoms with Gasteiger partial charge in [-0.2, -0.15) is 9.39 Å². The lowest BCUT2D eigenvalue weighted by atomic mass is 10.1. The van der Waals surface area contributed by atoms with Gasteiger partial charge in [-0.15, -0.1) is 0 Å². The molecule has 1 aromatic carbocycles. The zero-order valence-corrected chi connectivity index (χ0v) is 15.6. The number of amides is 1. The summed E-state index contributed by atoms with van der Waals surface area (Å²) in [6.07, 6.45) is 2.42. The number of aliphatic imine (C=N–C) groups is 1. The Morgan fingerprint density at radius 2 is 1.92 bits per heavy atom. The van der Waals surface area contributed by atoms with Crippen LogP contribution < -0.4 is 9.47 Å². The van der Waals surface area contributed by atoms with Crippen LogP contribution in [0, 0.1) is 5.41 Å². The van der Waals surface area contributed by atoms with Gasteiger partial charge in [-0.05, 0) is 23.8 Å². The maximum absolute atomic E-state index is 12.3. The summed E-state index contributed by atoms with van der Waals surface area (Å²) in [7, 11) is -0.696. The zero-order valence-electron chi connectivity index (χ0n) is 14.0. The molecular formula is C15H14N4O5S2. The van der Waals surface area contributed by atoms with Gasteiger partial charge in [0.2, 0.25) is 20.2 Å². The van der Waals surface area contributed by atoms with E-state index in [1.807, 2.05) is 0 Å². The van der Waals surface area contributed by atoms with E-state index < -0.39 is 15.7 Å². The number of carbonyl (C=O) groups is 1. The normalized spacial score (nSPS) is 18.6. The molecule has 0 aliphatic carbocycles. The van der Waals surface area contributed by atoms with Gasteiger partial charge in [-0.3, -0.25) is 10.2 Å². The maximum atomic E-state index is 12.3. The summed E-state index contributed by atoms with van der Waals surface area (Å²) >= 11 is 0.747. The first-order valence-corrected chi connectivity index (χ1v) is 9.83. The highest BCUT2D eigenvalue weighted by Gasteiger charge is 2.41. The minimum absolute atomic E-state index is 0.0462. The molecule has 0 aromatic heterocycles. The monoisotopic (exact) mass is 394 g/mol. The summed E-state index contributed by atoms with van der Waals surface area (Å²) in [6, 6.07) is 4.97. The molecule has 0 bridgehead atoms. The topological polar surface area (TPSA) is 121 Å². The first-order chi connectivity index (χ1) is 12.3. The van der Waals surface area contributed by atoms with Gasteiger partial charge in [-0.25, -0.2) is 13.3 Å². The summed E-state index contributed by atoms with van der Waals surface area (Å²) in [6.45, 7) is 0. The molecule has 26 heavy (non-hydrogen) atoms. The van der Waals surface area contributed by atoms with Gasteiger partial charge in [0, 0.05) is 6.26 Å². The molecule has 1 N–H and O–H groups in total. The van der Waals surface area contributed by atoms with Crippen LogP contribution in [0.25, 0.3) is 6.08 Å². The van der Waals surface area contributed by atoms with Gasteiger partial charge in [0.15, 0.2) is 11.5 Å². The maximum Gasteiger partial charge on any atom is 0.283 e. The van der Waals surface area contributed by atoms with Crippen molar-refractivity contribution in [1.29, 1.82) is 5.41 Å². The predicted octanol–water partition coefficient (Wildman–Crippen LogP) is 1.33. The lowest BCUT2D eigenvalue weighted by molar-refractivity contribution is -0.114. The van der Waals surface area contributed by atoms with Crippen molar-refractivity contribution in [1.82, 2.24) is 4.90 Å². The highest BCUT2D eigenvalue weighted by molar-refractivity contribution is 8.16. The van der Waals surface area contributed by atoms with E-state index in [9.17, 15) is 13.2 Å². The molecule has 1 amide bonds. The van der Waals surface area contributed by atoms with Crippen molar-refractivity contribution in [3.05, 3.63) is 29.3 Å². The third kappa shape index (κ3) is 3.10. The lowest BCUT2D eigenvalue weighted by Gasteiger charge is -2.23. The van der Waals surface area contributed by atoms with Crippen molar-refractivity contribution >= 4 is 49.9 Å². The first-order valence-electron chi connectivity index (χ1n) is 7.17. The molecule has 3 rings (SSSR count). The van der Waals surface area contributed by atoms with E-state index in [1.54, 1.807) is 18.2 Å². The van der Waals surface area contributed by atoms with Gasteiger partial charge < -0.3 is 9.47 Å². The molecule has 0 unspecified atom stereocenters. The number of rotatable bonds is 3. The van der Waals surface area contributed by atoms with Crippen LogP contribution in [0.5, 0.6) is 11.5 Å². The summed E-state index contributed by atoms with van der Waals surface area (Å²) in [5.74, 6) is 0.0239. The quantitative estimate of drug-likeness (QED) is 0.606. The second-order valence-electron chi connectivity index (χ2n) is 5.29. The smallest absolute Gasteiger partial charge is 0.283 e. The highest BCUT2D eigenvalue weighted by Crippen LogP contribution is 2.31. The third-order valence-electron chi connectivity index (χ3n) is 3.54. The zero-order chi connectivity index (χ0) is 19.1. The number of benzene rings is 1.